The van der Waals surface area contributed by atoms with Crippen molar-refractivity contribution >= 4 is 0 Å². The fourth-order valence-corrected chi connectivity index (χ4v) is 5.29. The summed E-state index contributed by atoms with van der Waals surface area (Å²) in [5.74, 6) is 0.748. The van der Waals surface area contributed by atoms with E-state index in [0.717, 1.165) is 31.8 Å². The molecule has 2 bridgehead atoms. The number of hydrogen-bond acceptors (Lipinski definition) is 3. The summed E-state index contributed by atoms with van der Waals surface area (Å²) in [6, 6.07) is 0. The SMILES string of the molecule is CC1CC[C@@]2(C)[C@@H](C1)O[C@@H]1C[C@@H](O)[C@@]2(C)[C@]12CO2. The van der Waals surface area contributed by atoms with Gasteiger partial charge in [-0.05, 0) is 25.2 Å². The van der Waals surface area contributed by atoms with Crippen LogP contribution in [-0.4, -0.2) is 35.6 Å². The molecule has 4 rings (SSSR count). The third kappa shape index (κ3) is 1.01. The Morgan fingerprint density at radius 3 is 2.56 bits per heavy atom. The Balaban J connectivity index is 1.82. The molecule has 2 saturated heterocycles. The van der Waals surface area contributed by atoms with Gasteiger partial charge in [0.1, 0.15) is 5.60 Å². The first-order valence-electron chi connectivity index (χ1n) is 7.41. The van der Waals surface area contributed by atoms with E-state index in [0.29, 0.717) is 6.10 Å². The van der Waals surface area contributed by atoms with Crippen molar-refractivity contribution in [1.82, 2.24) is 0 Å². The number of aliphatic hydroxyl groups is 1. The van der Waals surface area contributed by atoms with Crippen LogP contribution in [0.15, 0.2) is 0 Å². The number of ether oxygens (including phenoxy) is 2. The van der Waals surface area contributed by atoms with Crippen molar-refractivity contribution in [2.45, 2.75) is 70.4 Å². The number of aliphatic hydroxyl groups excluding tert-OH is 1. The minimum atomic E-state index is -0.270. The Bertz CT molecular complexity index is 391. The highest BCUT2D eigenvalue weighted by Gasteiger charge is 2.80. The van der Waals surface area contributed by atoms with Gasteiger partial charge in [-0.25, -0.2) is 0 Å². The van der Waals surface area contributed by atoms with Crippen molar-refractivity contribution in [3.8, 4) is 0 Å². The Morgan fingerprint density at radius 2 is 1.89 bits per heavy atom. The topological polar surface area (TPSA) is 42.0 Å². The third-order valence-electron chi connectivity index (χ3n) is 6.96. The van der Waals surface area contributed by atoms with Crippen LogP contribution in [0.3, 0.4) is 0 Å². The van der Waals surface area contributed by atoms with Crippen LogP contribution in [0.4, 0.5) is 0 Å². The van der Waals surface area contributed by atoms with Gasteiger partial charge in [0, 0.05) is 17.3 Å². The van der Waals surface area contributed by atoms with Crippen LogP contribution in [-0.2, 0) is 9.47 Å². The van der Waals surface area contributed by atoms with Crippen LogP contribution < -0.4 is 0 Å². The molecule has 0 amide bonds. The highest BCUT2D eigenvalue weighted by Crippen LogP contribution is 2.71. The minimum absolute atomic E-state index is 0.0719. The van der Waals surface area contributed by atoms with Crippen LogP contribution >= 0.6 is 0 Å². The van der Waals surface area contributed by atoms with E-state index in [1.807, 2.05) is 0 Å². The lowest BCUT2D eigenvalue weighted by Crippen LogP contribution is -2.64. The molecule has 2 aliphatic heterocycles. The summed E-state index contributed by atoms with van der Waals surface area (Å²) < 4.78 is 12.2. The lowest BCUT2D eigenvalue weighted by Gasteiger charge is -2.59. The molecule has 1 N–H and O–H groups in total. The summed E-state index contributed by atoms with van der Waals surface area (Å²) in [6.45, 7) is 7.69. The second-order valence-electron chi connectivity index (χ2n) is 7.54. The molecule has 1 unspecified atom stereocenters. The van der Waals surface area contributed by atoms with Gasteiger partial charge >= 0.3 is 0 Å². The van der Waals surface area contributed by atoms with Gasteiger partial charge in [-0.2, -0.15) is 0 Å². The molecule has 1 spiro atoms. The Morgan fingerprint density at radius 1 is 1.17 bits per heavy atom. The number of hydrogen-bond donors (Lipinski definition) is 1. The molecule has 7 atom stereocenters. The van der Waals surface area contributed by atoms with Crippen molar-refractivity contribution < 1.29 is 14.6 Å². The smallest absolute Gasteiger partial charge is 0.126 e. The van der Waals surface area contributed by atoms with Crippen LogP contribution in [0.25, 0.3) is 0 Å². The van der Waals surface area contributed by atoms with Crippen molar-refractivity contribution in [2.24, 2.45) is 16.7 Å². The second kappa shape index (κ2) is 3.13. The standard InChI is InChI=1S/C15H24O3/c1-9-4-5-13(2)11(6-9)18-12-7-10(16)14(13,3)15(12)8-17-15/h9-12,16H,4-8H2,1-3H3/t9?,10-,11-,12-,13+,14-,15+/m1/s1. The first-order chi connectivity index (χ1) is 8.44. The fraction of sp³-hybridized carbons (Fsp3) is 1.00. The summed E-state index contributed by atoms with van der Waals surface area (Å²) >= 11 is 0. The molecule has 0 radical (unpaired) electrons. The van der Waals surface area contributed by atoms with E-state index in [9.17, 15) is 5.11 Å². The van der Waals surface area contributed by atoms with Gasteiger partial charge in [-0.3, -0.25) is 0 Å². The molecule has 0 aromatic rings. The normalized spacial score (nSPS) is 66.0. The van der Waals surface area contributed by atoms with E-state index in [1.54, 1.807) is 0 Å². The number of epoxide rings is 1. The molecule has 4 aliphatic rings. The van der Waals surface area contributed by atoms with Gasteiger partial charge in [0.2, 0.25) is 0 Å². The average Bonchev–Trinajstić information content (AvgIpc) is 3.08. The van der Waals surface area contributed by atoms with Gasteiger partial charge in [0.05, 0.1) is 24.9 Å². The maximum absolute atomic E-state index is 10.6. The van der Waals surface area contributed by atoms with E-state index < -0.39 is 0 Å². The first-order valence-corrected chi connectivity index (χ1v) is 7.41. The predicted octanol–water partition coefficient (Wildman–Crippen LogP) is 2.12. The number of fused-ring (bicyclic) bond motifs is 2. The molecule has 102 valence electrons. The Kier molecular flexibility index (Phi) is 2.03. The molecule has 2 saturated carbocycles. The quantitative estimate of drug-likeness (QED) is 0.671. The highest BCUT2D eigenvalue weighted by molar-refractivity contribution is 5.28. The van der Waals surface area contributed by atoms with Crippen molar-refractivity contribution in [2.75, 3.05) is 6.61 Å². The lowest BCUT2D eigenvalue weighted by atomic mass is 9.50. The summed E-state index contributed by atoms with van der Waals surface area (Å²) in [5.41, 5.74) is -0.214. The van der Waals surface area contributed by atoms with Gasteiger partial charge in [-0.15, -0.1) is 0 Å². The third-order valence-corrected chi connectivity index (χ3v) is 6.96. The van der Waals surface area contributed by atoms with Gasteiger partial charge in [0.15, 0.2) is 0 Å². The van der Waals surface area contributed by atoms with Gasteiger partial charge in [-0.1, -0.05) is 20.8 Å². The van der Waals surface area contributed by atoms with E-state index >= 15 is 0 Å². The van der Waals surface area contributed by atoms with E-state index in [2.05, 4.69) is 20.8 Å². The summed E-state index contributed by atoms with van der Waals surface area (Å²) in [5, 5.41) is 10.6. The molecule has 0 aromatic heterocycles. The highest BCUT2D eigenvalue weighted by atomic mass is 16.6. The summed E-state index contributed by atoms with van der Waals surface area (Å²) in [7, 11) is 0. The maximum atomic E-state index is 10.6. The maximum Gasteiger partial charge on any atom is 0.126 e. The van der Waals surface area contributed by atoms with Crippen LogP contribution in [0.5, 0.6) is 0 Å². The molecule has 18 heavy (non-hydrogen) atoms. The lowest BCUT2D eigenvalue weighted by molar-refractivity contribution is -0.232. The molecular formula is C15H24O3. The van der Waals surface area contributed by atoms with Crippen molar-refractivity contribution in [3.05, 3.63) is 0 Å². The van der Waals surface area contributed by atoms with E-state index in [-0.39, 0.29) is 28.6 Å². The van der Waals surface area contributed by atoms with Gasteiger partial charge in [0.25, 0.3) is 0 Å². The van der Waals surface area contributed by atoms with E-state index in [4.69, 9.17) is 9.47 Å². The summed E-state index contributed by atoms with van der Waals surface area (Å²) in [6.07, 6.45) is 4.48. The van der Waals surface area contributed by atoms with Crippen LogP contribution in [0, 0.1) is 16.7 Å². The van der Waals surface area contributed by atoms with Crippen molar-refractivity contribution in [1.29, 1.82) is 0 Å². The summed E-state index contributed by atoms with van der Waals surface area (Å²) in [4.78, 5) is 0. The molecule has 3 nitrogen and oxygen atoms in total. The zero-order valence-corrected chi connectivity index (χ0v) is 11.6. The molecule has 3 heteroatoms. The van der Waals surface area contributed by atoms with Crippen LogP contribution in [0.1, 0.15) is 46.5 Å². The second-order valence-corrected chi connectivity index (χ2v) is 7.54. The predicted molar refractivity (Wildman–Crippen MR) is 67.2 cm³/mol. The molecular weight excluding hydrogens is 228 g/mol. The molecule has 4 fully saturated rings. The molecule has 0 aromatic carbocycles. The Hall–Kier alpha value is -0.120. The zero-order valence-electron chi connectivity index (χ0n) is 11.6. The number of rotatable bonds is 0. The fourth-order valence-electron chi connectivity index (χ4n) is 5.29. The molecule has 2 aliphatic carbocycles. The Labute approximate surface area is 109 Å². The first kappa shape index (κ1) is 11.7. The molecule has 2 heterocycles. The van der Waals surface area contributed by atoms with Gasteiger partial charge < -0.3 is 14.6 Å². The zero-order chi connectivity index (χ0) is 12.8. The average molecular weight is 252 g/mol. The largest absolute Gasteiger partial charge is 0.392 e. The monoisotopic (exact) mass is 252 g/mol. The van der Waals surface area contributed by atoms with Crippen molar-refractivity contribution in [3.63, 3.8) is 0 Å². The van der Waals surface area contributed by atoms with Crippen LogP contribution in [0.2, 0.25) is 0 Å². The van der Waals surface area contributed by atoms with E-state index in [1.165, 1.54) is 6.42 Å². The minimum Gasteiger partial charge on any atom is -0.392 e.